The van der Waals surface area contributed by atoms with Gasteiger partial charge in [0, 0.05) is 17.9 Å². The lowest BCUT2D eigenvalue weighted by molar-refractivity contribution is 0.108. The second kappa shape index (κ2) is 3.41. The summed E-state index contributed by atoms with van der Waals surface area (Å²) in [5, 5.41) is 0.586. The molecular formula is C12H15ClN2O. The Morgan fingerprint density at radius 2 is 2.12 bits per heavy atom. The molecule has 0 N–H and O–H groups in total. The average molecular weight is 239 g/mol. The van der Waals surface area contributed by atoms with Gasteiger partial charge in [-0.2, -0.15) is 0 Å². The highest BCUT2D eigenvalue weighted by Crippen LogP contribution is 2.57. The maximum atomic E-state index is 6.18. The molecule has 3 nitrogen and oxygen atoms in total. The molecule has 1 aromatic heterocycles. The minimum absolute atomic E-state index is 0.350. The van der Waals surface area contributed by atoms with Crippen LogP contribution in [0.5, 0.6) is 0 Å². The summed E-state index contributed by atoms with van der Waals surface area (Å²) in [6.07, 6.45) is 2.02. The topological polar surface area (TPSA) is 35.0 Å². The van der Waals surface area contributed by atoms with E-state index in [9.17, 15) is 0 Å². The standard InChI is InChI=1S/C12H15ClN2O/c1-12(2)5-8(12)11-14-9-3-4-16-6-7(9)10(13)15-11/h8H,3-6H2,1-2H3. The fourth-order valence-electron chi connectivity index (χ4n) is 2.27. The maximum Gasteiger partial charge on any atom is 0.138 e. The summed E-state index contributed by atoms with van der Waals surface area (Å²) in [7, 11) is 0. The molecule has 86 valence electrons. The number of ether oxygens (including phenoxy) is 1. The Morgan fingerprint density at radius 3 is 2.81 bits per heavy atom. The van der Waals surface area contributed by atoms with Crippen molar-refractivity contribution in [1.82, 2.24) is 9.97 Å². The minimum atomic E-state index is 0.350. The molecule has 0 radical (unpaired) electrons. The summed E-state index contributed by atoms with van der Waals surface area (Å²) in [6, 6.07) is 0. The Labute approximate surface area is 100 Å². The molecule has 0 bridgehead atoms. The van der Waals surface area contributed by atoms with Crippen molar-refractivity contribution in [3.63, 3.8) is 0 Å². The second-order valence-electron chi connectivity index (χ2n) is 5.35. The van der Waals surface area contributed by atoms with Crippen molar-refractivity contribution in [3.05, 3.63) is 22.2 Å². The number of hydrogen-bond acceptors (Lipinski definition) is 3. The third-order valence-corrected chi connectivity index (χ3v) is 3.93. The highest BCUT2D eigenvalue weighted by Gasteiger charge is 2.48. The first kappa shape index (κ1) is 10.5. The van der Waals surface area contributed by atoms with Crippen molar-refractivity contribution < 1.29 is 4.74 Å². The van der Waals surface area contributed by atoms with E-state index in [4.69, 9.17) is 16.3 Å². The van der Waals surface area contributed by atoms with E-state index in [-0.39, 0.29) is 0 Å². The predicted octanol–water partition coefficient (Wildman–Crippen LogP) is 2.72. The lowest BCUT2D eigenvalue weighted by Gasteiger charge is -2.17. The van der Waals surface area contributed by atoms with Crippen LogP contribution in [0.3, 0.4) is 0 Å². The third kappa shape index (κ3) is 1.62. The van der Waals surface area contributed by atoms with Gasteiger partial charge in [-0.3, -0.25) is 0 Å². The van der Waals surface area contributed by atoms with Crippen LogP contribution in [0.1, 0.15) is 43.3 Å². The highest BCUT2D eigenvalue weighted by atomic mass is 35.5. The first-order valence-corrected chi connectivity index (χ1v) is 6.08. The van der Waals surface area contributed by atoms with Gasteiger partial charge in [-0.05, 0) is 11.8 Å². The largest absolute Gasteiger partial charge is 0.376 e. The van der Waals surface area contributed by atoms with Gasteiger partial charge in [0.25, 0.3) is 0 Å². The Bertz CT molecular complexity index is 445. The van der Waals surface area contributed by atoms with Crippen molar-refractivity contribution >= 4 is 11.6 Å². The third-order valence-electron chi connectivity index (χ3n) is 3.61. The van der Waals surface area contributed by atoms with Crippen molar-refractivity contribution in [3.8, 4) is 0 Å². The fourth-order valence-corrected chi connectivity index (χ4v) is 2.52. The van der Waals surface area contributed by atoms with Crippen LogP contribution in [-0.2, 0) is 17.8 Å². The van der Waals surface area contributed by atoms with Gasteiger partial charge in [-0.15, -0.1) is 0 Å². The van der Waals surface area contributed by atoms with Crippen molar-refractivity contribution in [1.29, 1.82) is 0 Å². The van der Waals surface area contributed by atoms with Crippen LogP contribution in [0, 0.1) is 5.41 Å². The summed E-state index contributed by atoms with van der Waals surface area (Å²) < 4.78 is 5.37. The van der Waals surface area contributed by atoms with Gasteiger partial charge < -0.3 is 4.74 Å². The molecule has 0 spiro atoms. The summed E-state index contributed by atoms with van der Waals surface area (Å²) in [5.41, 5.74) is 2.42. The van der Waals surface area contributed by atoms with Crippen LogP contribution in [0.15, 0.2) is 0 Å². The van der Waals surface area contributed by atoms with Crippen LogP contribution < -0.4 is 0 Å². The number of fused-ring (bicyclic) bond motifs is 1. The van der Waals surface area contributed by atoms with Crippen molar-refractivity contribution in [2.24, 2.45) is 5.41 Å². The number of aromatic nitrogens is 2. The quantitative estimate of drug-likeness (QED) is 0.706. The molecule has 1 unspecified atom stereocenters. The number of nitrogens with zero attached hydrogens (tertiary/aromatic N) is 2. The summed E-state index contributed by atoms with van der Waals surface area (Å²) >= 11 is 6.18. The summed E-state index contributed by atoms with van der Waals surface area (Å²) in [5.74, 6) is 1.41. The predicted molar refractivity (Wildman–Crippen MR) is 61.5 cm³/mol. The monoisotopic (exact) mass is 238 g/mol. The van der Waals surface area contributed by atoms with E-state index in [1.807, 2.05) is 0 Å². The SMILES string of the molecule is CC1(C)CC1c1nc(Cl)c2c(n1)CCOC2. The second-order valence-corrected chi connectivity index (χ2v) is 5.70. The lowest BCUT2D eigenvalue weighted by Crippen LogP contribution is -2.15. The number of hydrogen-bond donors (Lipinski definition) is 0. The minimum Gasteiger partial charge on any atom is -0.376 e. The maximum absolute atomic E-state index is 6.18. The molecule has 2 heterocycles. The van der Waals surface area contributed by atoms with Crippen molar-refractivity contribution in [2.45, 2.75) is 39.2 Å². The molecule has 1 atom stereocenters. The zero-order chi connectivity index (χ0) is 11.3. The van der Waals surface area contributed by atoms with Crippen LogP contribution >= 0.6 is 11.6 Å². The molecule has 16 heavy (non-hydrogen) atoms. The van der Waals surface area contributed by atoms with E-state index in [2.05, 4.69) is 23.8 Å². The average Bonchev–Trinajstić information content (AvgIpc) is 2.88. The molecule has 0 amide bonds. The van der Waals surface area contributed by atoms with E-state index < -0.39 is 0 Å². The Morgan fingerprint density at radius 1 is 1.38 bits per heavy atom. The van der Waals surface area contributed by atoms with Gasteiger partial charge >= 0.3 is 0 Å². The van der Waals surface area contributed by atoms with Crippen LogP contribution in [0.25, 0.3) is 0 Å². The summed E-state index contributed by atoms with van der Waals surface area (Å²) in [6.45, 7) is 5.80. The molecule has 1 saturated carbocycles. The van der Waals surface area contributed by atoms with E-state index >= 15 is 0 Å². The zero-order valence-corrected chi connectivity index (χ0v) is 10.3. The van der Waals surface area contributed by atoms with Gasteiger partial charge in [0.15, 0.2) is 0 Å². The smallest absolute Gasteiger partial charge is 0.138 e. The molecule has 1 aliphatic heterocycles. The van der Waals surface area contributed by atoms with Gasteiger partial charge in [0.05, 0.1) is 18.9 Å². The Hall–Kier alpha value is -0.670. The van der Waals surface area contributed by atoms with Crippen molar-refractivity contribution in [2.75, 3.05) is 6.61 Å². The summed E-state index contributed by atoms with van der Waals surface area (Å²) in [4.78, 5) is 9.07. The van der Waals surface area contributed by atoms with E-state index in [0.717, 1.165) is 30.1 Å². The molecule has 1 fully saturated rings. The van der Waals surface area contributed by atoms with Crippen LogP contribution in [-0.4, -0.2) is 16.6 Å². The molecule has 1 aromatic rings. The van der Waals surface area contributed by atoms with Gasteiger partial charge in [-0.25, -0.2) is 9.97 Å². The van der Waals surface area contributed by atoms with Crippen LogP contribution in [0.4, 0.5) is 0 Å². The fraction of sp³-hybridized carbons (Fsp3) is 0.667. The van der Waals surface area contributed by atoms with Gasteiger partial charge in [0.2, 0.25) is 0 Å². The van der Waals surface area contributed by atoms with E-state index in [1.54, 1.807) is 0 Å². The zero-order valence-electron chi connectivity index (χ0n) is 9.59. The first-order valence-electron chi connectivity index (χ1n) is 5.71. The van der Waals surface area contributed by atoms with E-state index in [0.29, 0.717) is 23.1 Å². The molecule has 0 aromatic carbocycles. The molecular weight excluding hydrogens is 224 g/mol. The first-order chi connectivity index (χ1) is 7.58. The Kier molecular flexibility index (Phi) is 2.23. The molecule has 3 rings (SSSR count). The van der Waals surface area contributed by atoms with Gasteiger partial charge in [-0.1, -0.05) is 25.4 Å². The molecule has 1 aliphatic carbocycles. The normalized spacial score (nSPS) is 26.3. The Balaban J connectivity index is 2.00. The highest BCUT2D eigenvalue weighted by molar-refractivity contribution is 6.30. The molecule has 0 saturated heterocycles. The molecule has 2 aliphatic rings. The van der Waals surface area contributed by atoms with Crippen LogP contribution in [0.2, 0.25) is 5.15 Å². The number of halogens is 1. The van der Waals surface area contributed by atoms with Gasteiger partial charge in [0.1, 0.15) is 11.0 Å². The van der Waals surface area contributed by atoms with E-state index in [1.165, 1.54) is 6.42 Å². The lowest BCUT2D eigenvalue weighted by atomic mass is 10.1. The number of rotatable bonds is 1. The molecule has 4 heteroatoms.